The standard InChI is InChI=1S/C19H18S2/c1-3-15-16(5-7-19-17(15)8-9-20-19)13-4-6-18-14(11-13)10-12(2)21-18/h3-10,14,18H,11H2,1-2H3/b15-3+,16-13-. The van der Waals surface area contributed by atoms with Gasteiger partial charge in [0.1, 0.15) is 0 Å². The Morgan fingerprint density at radius 3 is 3.00 bits per heavy atom. The molecule has 1 aromatic carbocycles. The SMILES string of the molecule is C/C=c1\c(=C2\C=CC3SC(C)=CC3C2)ccc2sccc12. The summed E-state index contributed by atoms with van der Waals surface area (Å²) in [6.45, 7) is 4.39. The second-order valence-corrected chi connectivity index (χ2v) is 8.13. The van der Waals surface area contributed by atoms with Gasteiger partial charge in [0.2, 0.25) is 0 Å². The topological polar surface area (TPSA) is 0 Å². The van der Waals surface area contributed by atoms with Crippen LogP contribution in [-0.2, 0) is 0 Å². The van der Waals surface area contributed by atoms with Gasteiger partial charge >= 0.3 is 0 Å². The molecular weight excluding hydrogens is 292 g/mol. The number of thioether (sulfide) groups is 1. The predicted molar refractivity (Wildman–Crippen MR) is 97.0 cm³/mol. The van der Waals surface area contributed by atoms with E-state index in [1.807, 2.05) is 23.1 Å². The number of fused-ring (bicyclic) bond motifs is 2. The smallest absolute Gasteiger partial charge is 0.0349 e. The first kappa shape index (κ1) is 13.4. The molecule has 0 radical (unpaired) electrons. The summed E-state index contributed by atoms with van der Waals surface area (Å²) >= 11 is 3.84. The van der Waals surface area contributed by atoms with E-state index in [0.717, 1.165) is 0 Å². The summed E-state index contributed by atoms with van der Waals surface area (Å²) in [4.78, 5) is 1.48. The third-order valence-corrected chi connectivity index (χ3v) is 6.62. The number of hydrogen-bond acceptors (Lipinski definition) is 2. The molecule has 2 aliphatic rings. The summed E-state index contributed by atoms with van der Waals surface area (Å²) in [5, 5.41) is 7.07. The summed E-state index contributed by atoms with van der Waals surface area (Å²) in [7, 11) is 0. The van der Waals surface area contributed by atoms with Gasteiger partial charge in [0, 0.05) is 9.95 Å². The van der Waals surface area contributed by atoms with Crippen LogP contribution in [0.3, 0.4) is 0 Å². The Balaban J connectivity index is 1.95. The second kappa shape index (κ2) is 5.19. The normalized spacial score (nSPS) is 28.1. The van der Waals surface area contributed by atoms with Gasteiger partial charge in [0.25, 0.3) is 0 Å². The monoisotopic (exact) mass is 310 g/mol. The van der Waals surface area contributed by atoms with Crippen LogP contribution in [0.15, 0.2) is 46.7 Å². The first-order valence-corrected chi connectivity index (χ1v) is 9.21. The molecule has 0 saturated carbocycles. The quantitative estimate of drug-likeness (QED) is 0.693. The van der Waals surface area contributed by atoms with Crippen LogP contribution in [0, 0.1) is 5.92 Å². The minimum absolute atomic E-state index is 0.660. The lowest BCUT2D eigenvalue weighted by Crippen LogP contribution is -2.29. The maximum absolute atomic E-state index is 2.46. The number of rotatable bonds is 0. The fraction of sp³-hybridized carbons (Fsp3) is 0.263. The Bertz CT molecular complexity index is 880. The summed E-state index contributed by atoms with van der Waals surface area (Å²) in [6, 6.07) is 6.84. The number of allylic oxidation sites excluding steroid dienone is 3. The van der Waals surface area contributed by atoms with Gasteiger partial charge in [-0.1, -0.05) is 30.4 Å². The van der Waals surface area contributed by atoms with Crippen LogP contribution in [0.25, 0.3) is 21.7 Å². The fourth-order valence-electron chi connectivity index (χ4n) is 3.48. The molecule has 0 saturated heterocycles. The zero-order valence-electron chi connectivity index (χ0n) is 12.3. The van der Waals surface area contributed by atoms with Gasteiger partial charge in [0.05, 0.1) is 0 Å². The van der Waals surface area contributed by atoms with Crippen LogP contribution in [-0.4, -0.2) is 5.25 Å². The Kier molecular flexibility index (Phi) is 3.31. The van der Waals surface area contributed by atoms with Gasteiger partial charge in [-0.15, -0.1) is 23.1 Å². The van der Waals surface area contributed by atoms with E-state index in [2.05, 4.69) is 61.7 Å². The molecule has 2 heterocycles. The molecule has 2 heteroatoms. The van der Waals surface area contributed by atoms with E-state index in [4.69, 9.17) is 0 Å². The van der Waals surface area contributed by atoms with Crippen molar-refractivity contribution in [1.29, 1.82) is 0 Å². The molecule has 0 fully saturated rings. The molecule has 0 spiro atoms. The van der Waals surface area contributed by atoms with Crippen LogP contribution in [0.5, 0.6) is 0 Å². The average molecular weight is 310 g/mol. The molecule has 2 atom stereocenters. The molecule has 0 nitrogen and oxygen atoms in total. The highest BCUT2D eigenvalue weighted by molar-refractivity contribution is 8.04. The molecule has 1 aliphatic carbocycles. The van der Waals surface area contributed by atoms with Crippen molar-refractivity contribution in [2.24, 2.45) is 5.92 Å². The molecule has 4 rings (SSSR count). The molecular formula is C19H18S2. The van der Waals surface area contributed by atoms with E-state index in [1.165, 1.54) is 37.4 Å². The summed E-state index contributed by atoms with van der Waals surface area (Å²) in [5.41, 5.74) is 1.49. The maximum atomic E-state index is 2.46. The largest absolute Gasteiger partial charge is 0.144 e. The first-order chi connectivity index (χ1) is 10.3. The first-order valence-electron chi connectivity index (χ1n) is 7.45. The lowest BCUT2D eigenvalue weighted by Gasteiger charge is -2.21. The minimum atomic E-state index is 0.660. The molecule has 2 unspecified atom stereocenters. The van der Waals surface area contributed by atoms with Crippen molar-refractivity contribution in [2.45, 2.75) is 25.5 Å². The zero-order chi connectivity index (χ0) is 14.4. The Morgan fingerprint density at radius 2 is 2.14 bits per heavy atom. The van der Waals surface area contributed by atoms with Gasteiger partial charge in [-0.25, -0.2) is 0 Å². The highest BCUT2D eigenvalue weighted by Crippen LogP contribution is 2.42. The van der Waals surface area contributed by atoms with Gasteiger partial charge in [-0.2, -0.15) is 0 Å². The lowest BCUT2D eigenvalue weighted by atomic mass is 9.88. The Labute approximate surface area is 133 Å². The van der Waals surface area contributed by atoms with Gasteiger partial charge < -0.3 is 0 Å². The molecule has 106 valence electrons. The molecule has 0 amide bonds. The summed E-state index contributed by atoms with van der Waals surface area (Å²) in [5.74, 6) is 0.679. The van der Waals surface area contributed by atoms with Crippen molar-refractivity contribution in [1.82, 2.24) is 0 Å². The third-order valence-electron chi connectivity index (χ3n) is 4.45. The second-order valence-electron chi connectivity index (χ2n) is 5.76. The Hall–Kier alpha value is -1.25. The molecule has 2 aromatic rings. The highest BCUT2D eigenvalue weighted by atomic mass is 32.2. The molecule has 1 aromatic heterocycles. The fourth-order valence-corrected chi connectivity index (χ4v) is 5.48. The minimum Gasteiger partial charge on any atom is -0.144 e. The van der Waals surface area contributed by atoms with E-state index < -0.39 is 0 Å². The molecule has 0 N–H and O–H groups in total. The van der Waals surface area contributed by atoms with Crippen LogP contribution < -0.4 is 10.4 Å². The van der Waals surface area contributed by atoms with Crippen LogP contribution >= 0.6 is 23.1 Å². The molecule has 0 bridgehead atoms. The number of hydrogen-bond donors (Lipinski definition) is 0. The van der Waals surface area contributed by atoms with Gasteiger partial charge in [-0.3, -0.25) is 0 Å². The number of benzene rings is 1. The highest BCUT2D eigenvalue weighted by Gasteiger charge is 2.27. The average Bonchev–Trinajstić information content (AvgIpc) is 3.09. The van der Waals surface area contributed by atoms with Crippen molar-refractivity contribution < 1.29 is 0 Å². The molecule has 21 heavy (non-hydrogen) atoms. The molecule has 1 aliphatic heterocycles. The van der Waals surface area contributed by atoms with E-state index in [0.29, 0.717) is 11.2 Å². The van der Waals surface area contributed by atoms with Crippen LogP contribution in [0.4, 0.5) is 0 Å². The van der Waals surface area contributed by atoms with Crippen LogP contribution in [0.2, 0.25) is 0 Å². The van der Waals surface area contributed by atoms with Crippen molar-refractivity contribution in [3.05, 3.63) is 57.1 Å². The summed E-state index contributed by atoms with van der Waals surface area (Å²) < 4.78 is 1.39. The number of thiophene rings is 1. The van der Waals surface area contributed by atoms with Crippen molar-refractivity contribution in [2.75, 3.05) is 0 Å². The van der Waals surface area contributed by atoms with E-state index in [9.17, 15) is 0 Å². The zero-order valence-corrected chi connectivity index (χ0v) is 13.9. The van der Waals surface area contributed by atoms with E-state index in [1.54, 1.807) is 0 Å². The summed E-state index contributed by atoms with van der Waals surface area (Å²) in [6.07, 6.45) is 10.7. The van der Waals surface area contributed by atoms with Gasteiger partial charge in [0.15, 0.2) is 0 Å². The third kappa shape index (κ3) is 2.21. The maximum Gasteiger partial charge on any atom is 0.0349 e. The van der Waals surface area contributed by atoms with E-state index >= 15 is 0 Å². The van der Waals surface area contributed by atoms with Crippen LogP contribution in [0.1, 0.15) is 20.3 Å². The van der Waals surface area contributed by atoms with Crippen molar-refractivity contribution in [3.63, 3.8) is 0 Å². The Morgan fingerprint density at radius 1 is 1.24 bits per heavy atom. The van der Waals surface area contributed by atoms with Crippen molar-refractivity contribution >= 4 is 44.8 Å². The predicted octanol–water partition coefficient (Wildman–Crippen LogP) is 4.45. The van der Waals surface area contributed by atoms with E-state index in [-0.39, 0.29) is 0 Å². The van der Waals surface area contributed by atoms with Gasteiger partial charge in [-0.05, 0) is 70.0 Å². The lowest BCUT2D eigenvalue weighted by molar-refractivity contribution is 0.695. The van der Waals surface area contributed by atoms with Crippen molar-refractivity contribution in [3.8, 4) is 0 Å².